The lowest BCUT2D eigenvalue weighted by atomic mass is 9.70. The maximum atomic E-state index is 13.7. The SMILES string of the molecule is Cc1ccnc(N2C(=O)C3=C(C(=O)C4CC(C)C(C)CC4O3)C2c2ccccc2)c1. The third kappa shape index (κ3) is 2.87. The summed E-state index contributed by atoms with van der Waals surface area (Å²) in [7, 11) is 0. The van der Waals surface area contributed by atoms with Gasteiger partial charge in [-0.2, -0.15) is 0 Å². The van der Waals surface area contributed by atoms with Crippen LogP contribution in [-0.4, -0.2) is 22.8 Å². The maximum absolute atomic E-state index is 13.7. The molecule has 0 radical (unpaired) electrons. The Morgan fingerprint density at radius 3 is 2.50 bits per heavy atom. The monoisotopic (exact) mass is 402 g/mol. The van der Waals surface area contributed by atoms with Gasteiger partial charge in [-0.3, -0.25) is 14.5 Å². The van der Waals surface area contributed by atoms with E-state index >= 15 is 0 Å². The van der Waals surface area contributed by atoms with Gasteiger partial charge in [-0.15, -0.1) is 0 Å². The molecule has 1 amide bonds. The highest BCUT2D eigenvalue weighted by molar-refractivity contribution is 6.17. The Bertz CT molecular complexity index is 1050. The van der Waals surface area contributed by atoms with Crippen LogP contribution < -0.4 is 4.90 Å². The van der Waals surface area contributed by atoms with Gasteiger partial charge in [-0.1, -0.05) is 44.2 Å². The Labute approximate surface area is 176 Å². The van der Waals surface area contributed by atoms with E-state index in [2.05, 4.69) is 18.8 Å². The summed E-state index contributed by atoms with van der Waals surface area (Å²) in [5.41, 5.74) is 2.40. The van der Waals surface area contributed by atoms with Crippen LogP contribution in [0, 0.1) is 24.7 Å². The molecule has 0 saturated heterocycles. The van der Waals surface area contributed by atoms with E-state index in [-0.39, 0.29) is 29.5 Å². The van der Waals surface area contributed by atoms with Gasteiger partial charge in [-0.05, 0) is 54.9 Å². The van der Waals surface area contributed by atoms with E-state index in [1.807, 2.05) is 49.4 Å². The summed E-state index contributed by atoms with van der Waals surface area (Å²) < 4.78 is 6.29. The van der Waals surface area contributed by atoms with Crippen LogP contribution in [-0.2, 0) is 14.3 Å². The minimum atomic E-state index is -0.508. The van der Waals surface area contributed by atoms with E-state index in [1.54, 1.807) is 11.1 Å². The number of Topliss-reactive ketones (excluding diaryl/α,β-unsaturated/α-hetero) is 1. The van der Waals surface area contributed by atoms with Crippen molar-refractivity contribution in [3.63, 3.8) is 0 Å². The molecule has 2 aromatic rings. The van der Waals surface area contributed by atoms with Crippen LogP contribution in [0.1, 0.15) is 43.9 Å². The highest BCUT2D eigenvalue weighted by atomic mass is 16.5. The summed E-state index contributed by atoms with van der Waals surface area (Å²) in [6, 6.07) is 13.0. The Kier molecular flexibility index (Phi) is 4.49. The summed E-state index contributed by atoms with van der Waals surface area (Å²) in [4.78, 5) is 33.4. The molecule has 2 aliphatic heterocycles. The number of benzene rings is 1. The van der Waals surface area contributed by atoms with Crippen molar-refractivity contribution in [3.05, 3.63) is 71.1 Å². The van der Waals surface area contributed by atoms with E-state index in [9.17, 15) is 9.59 Å². The van der Waals surface area contributed by atoms with Crippen LogP contribution in [0.2, 0.25) is 0 Å². The van der Waals surface area contributed by atoms with Crippen LogP contribution in [0.5, 0.6) is 0 Å². The Balaban J connectivity index is 1.64. The van der Waals surface area contributed by atoms with Gasteiger partial charge in [0, 0.05) is 6.20 Å². The molecule has 1 aromatic carbocycles. The number of nitrogens with zero attached hydrogens (tertiary/aromatic N) is 2. The van der Waals surface area contributed by atoms with Crippen LogP contribution in [0.4, 0.5) is 5.82 Å². The number of hydrogen-bond acceptors (Lipinski definition) is 4. The average Bonchev–Trinajstić information content (AvgIpc) is 3.03. The second-order valence-corrected chi connectivity index (χ2v) is 8.98. The van der Waals surface area contributed by atoms with Crippen LogP contribution in [0.25, 0.3) is 0 Å². The van der Waals surface area contributed by atoms with Crippen molar-refractivity contribution in [1.82, 2.24) is 4.98 Å². The summed E-state index contributed by atoms with van der Waals surface area (Å²) in [6.45, 7) is 6.37. The van der Waals surface area contributed by atoms with Crippen LogP contribution in [0.15, 0.2) is 60.0 Å². The first kappa shape index (κ1) is 19.0. The van der Waals surface area contributed by atoms with Crippen molar-refractivity contribution in [2.75, 3.05) is 4.90 Å². The number of carbonyl (C=O) groups is 2. The molecule has 5 rings (SSSR count). The first-order chi connectivity index (χ1) is 14.5. The Morgan fingerprint density at radius 2 is 1.77 bits per heavy atom. The number of pyridine rings is 1. The summed E-state index contributed by atoms with van der Waals surface area (Å²) in [6.07, 6.45) is 3.09. The number of ether oxygens (including phenoxy) is 1. The summed E-state index contributed by atoms with van der Waals surface area (Å²) in [5.74, 6) is 1.32. The zero-order valence-corrected chi connectivity index (χ0v) is 17.5. The van der Waals surface area contributed by atoms with Crippen molar-refractivity contribution in [2.45, 2.75) is 45.8 Å². The van der Waals surface area contributed by atoms with Gasteiger partial charge >= 0.3 is 0 Å². The van der Waals surface area contributed by atoms with E-state index in [0.29, 0.717) is 23.2 Å². The normalized spacial score (nSPS) is 30.8. The lowest BCUT2D eigenvalue weighted by molar-refractivity contribution is -0.134. The summed E-state index contributed by atoms with van der Waals surface area (Å²) >= 11 is 0. The number of aromatic nitrogens is 1. The third-order valence-corrected chi connectivity index (χ3v) is 6.97. The molecule has 3 heterocycles. The van der Waals surface area contributed by atoms with Crippen molar-refractivity contribution in [1.29, 1.82) is 0 Å². The van der Waals surface area contributed by atoms with Gasteiger partial charge in [0.15, 0.2) is 11.5 Å². The van der Waals surface area contributed by atoms with Crippen LogP contribution in [0.3, 0.4) is 0 Å². The molecule has 1 aromatic heterocycles. The molecule has 0 spiro atoms. The highest BCUT2D eigenvalue weighted by Crippen LogP contribution is 2.49. The zero-order valence-electron chi connectivity index (χ0n) is 17.5. The molecule has 1 fully saturated rings. The maximum Gasteiger partial charge on any atom is 0.295 e. The van der Waals surface area contributed by atoms with Gasteiger partial charge in [0.05, 0.1) is 17.5 Å². The zero-order chi connectivity index (χ0) is 21.0. The quantitative estimate of drug-likeness (QED) is 0.748. The fourth-order valence-electron chi connectivity index (χ4n) is 5.10. The van der Waals surface area contributed by atoms with Gasteiger partial charge in [0.1, 0.15) is 11.9 Å². The highest BCUT2D eigenvalue weighted by Gasteiger charge is 2.54. The Morgan fingerprint density at radius 1 is 1.03 bits per heavy atom. The lowest BCUT2D eigenvalue weighted by Crippen LogP contribution is -2.43. The average molecular weight is 402 g/mol. The van der Waals surface area contributed by atoms with Gasteiger partial charge < -0.3 is 4.74 Å². The molecule has 154 valence electrons. The molecule has 1 aliphatic carbocycles. The molecule has 0 bridgehead atoms. The molecular formula is C25H26N2O3. The van der Waals surface area contributed by atoms with E-state index in [1.165, 1.54) is 0 Å². The lowest BCUT2D eigenvalue weighted by Gasteiger charge is -2.40. The molecule has 5 heteroatoms. The smallest absolute Gasteiger partial charge is 0.295 e. The number of hydrogen-bond donors (Lipinski definition) is 0. The minimum Gasteiger partial charge on any atom is -0.483 e. The molecule has 5 unspecified atom stereocenters. The van der Waals surface area contributed by atoms with Crippen molar-refractivity contribution in [2.24, 2.45) is 17.8 Å². The number of aryl methyl sites for hydroxylation is 1. The van der Waals surface area contributed by atoms with Crippen molar-refractivity contribution >= 4 is 17.5 Å². The predicted octanol–water partition coefficient (Wildman–Crippen LogP) is 4.38. The number of carbonyl (C=O) groups excluding carboxylic acids is 2. The topological polar surface area (TPSA) is 59.5 Å². The largest absolute Gasteiger partial charge is 0.483 e. The van der Waals surface area contributed by atoms with Gasteiger partial charge in [0.25, 0.3) is 5.91 Å². The summed E-state index contributed by atoms with van der Waals surface area (Å²) in [5, 5.41) is 0. The number of fused-ring (bicyclic) bond motifs is 1. The Hall–Kier alpha value is -2.95. The van der Waals surface area contributed by atoms with Crippen LogP contribution >= 0.6 is 0 Å². The molecular weight excluding hydrogens is 376 g/mol. The second kappa shape index (κ2) is 7.08. The van der Waals surface area contributed by atoms with Crippen molar-refractivity contribution in [3.8, 4) is 0 Å². The molecule has 30 heavy (non-hydrogen) atoms. The fraction of sp³-hybridized carbons (Fsp3) is 0.400. The predicted molar refractivity (Wildman–Crippen MR) is 114 cm³/mol. The molecule has 1 saturated carbocycles. The molecule has 0 N–H and O–H groups in total. The van der Waals surface area contributed by atoms with Crippen molar-refractivity contribution < 1.29 is 14.3 Å². The first-order valence-corrected chi connectivity index (χ1v) is 10.7. The first-order valence-electron chi connectivity index (χ1n) is 10.7. The standard InChI is InChI=1S/C25H26N2O3/c1-14-9-10-26-20(11-14)27-22(17-7-5-4-6-8-17)21-23(28)18-12-15(2)16(3)13-19(18)30-24(21)25(27)29/h4-11,15-16,18-19,22H,12-13H2,1-3H3. The van der Waals surface area contributed by atoms with E-state index in [4.69, 9.17) is 4.74 Å². The fourth-order valence-corrected chi connectivity index (χ4v) is 5.10. The number of anilines is 1. The van der Waals surface area contributed by atoms with E-state index < -0.39 is 6.04 Å². The van der Waals surface area contributed by atoms with E-state index in [0.717, 1.165) is 24.0 Å². The molecule has 5 nitrogen and oxygen atoms in total. The molecule has 3 aliphatic rings. The number of rotatable bonds is 2. The number of ketones is 1. The number of amides is 1. The van der Waals surface area contributed by atoms with Gasteiger partial charge in [0.2, 0.25) is 0 Å². The minimum absolute atomic E-state index is 0.0670. The van der Waals surface area contributed by atoms with Gasteiger partial charge in [-0.25, -0.2) is 4.98 Å². The molecule has 5 atom stereocenters. The third-order valence-electron chi connectivity index (χ3n) is 6.97. The second-order valence-electron chi connectivity index (χ2n) is 8.98.